The van der Waals surface area contributed by atoms with Gasteiger partial charge in [-0.25, -0.2) is 0 Å². The number of carbonyl (C=O) groups excluding carboxylic acids is 1. The summed E-state index contributed by atoms with van der Waals surface area (Å²) >= 11 is 0. The van der Waals surface area contributed by atoms with E-state index in [-0.39, 0.29) is 11.7 Å². The lowest BCUT2D eigenvalue weighted by atomic mass is 10.2. The molecule has 76 valence electrons. The molecule has 1 amide bonds. The van der Waals surface area contributed by atoms with E-state index < -0.39 is 0 Å². The second kappa shape index (κ2) is 5.24. The average molecular weight is 195 g/mol. The van der Waals surface area contributed by atoms with E-state index in [2.05, 4.69) is 5.32 Å². The normalized spacial score (nSPS) is 9.79. The third kappa shape index (κ3) is 3.06. The Balaban J connectivity index is 2.48. The lowest BCUT2D eigenvalue weighted by Gasteiger charge is -2.03. The third-order valence-electron chi connectivity index (χ3n) is 1.72. The van der Waals surface area contributed by atoms with E-state index in [0.29, 0.717) is 18.7 Å². The maximum Gasteiger partial charge on any atom is 0.251 e. The van der Waals surface area contributed by atoms with Crippen LogP contribution in [0.3, 0.4) is 0 Å². The number of hydrogen-bond donors (Lipinski definition) is 2. The van der Waals surface area contributed by atoms with Gasteiger partial charge in [0.05, 0.1) is 6.61 Å². The Bertz CT molecular complexity index is 295. The first-order chi connectivity index (χ1) is 6.74. The molecule has 1 aromatic carbocycles. The summed E-state index contributed by atoms with van der Waals surface area (Å²) in [7, 11) is 1.58. The predicted octanol–water partition coefficient (Wildman–Crippen LogP) is 0.768. The van der Waals surface area contributed by atoms with Crippen molar-refractivity contribution >= 4 is 5.91 Å². The summed E-state index contributed by atoms with van der Waals surface area (Å²) in [5.41, 5.74) is 0.527. The van der Waals surface area contributed by atoms with Crippen molar-refractivity contribution in [3.63, 3.8) is 0 Å². The fraction of sp³-hybridized carbons (Fsp3) is 0.300. The number of rotatable bonds is 4. The molecular weight excluding hydrogens is 182 g/mol. The fourth-order valence-corrected chi connectivity index (χ4v) is 0.981. The highest BCUT2D eigenvalue weighted by atomic mass is 16.5. The van der Waals surface area contributed by atoms with Crippen molar-refractivity contribution in [2.24, 2.45) is 0 Å². The van der Waals surface area contributed by atoms with Crippen LogP contribution in [0.2, 0.25) is 0 Å². The highest BCUT2D eigenvalue weighted by Crippen LogP contribution is 2.08. The lowest BCUT2D eigenvalue weighted by molar-refractivity contribution is 0.0937. The quantitative estimate of drug-likeness (QED) is 0.697. The molecule has 1 aromatic rings. The molecule has 0 aliphatic rings. The Morgan fingerprint density at radius 1 is 1.43 bits per heavy atom. The van der Waals surface area contributed by atoms with E-state index in [9.17, 15) is 4.79 Å². The van der Waals surface area contributed by atoms with Gasteiger partial charge in [0.1, 0.15) is 5.75 Å². The molecule has 2 N–H and O–H groups in total. The number of ether oxygens (including phenoxy) is 1. The predicted molar refractivity (Wildman–Crippen MR) is 52.3 cm³/mol. The molecule has 0 saturated carbocycles. The minimum Gasteiger partial charge on any atom is -0.508 e. The lowest BCUT2D eigenvalue weighted by Crippen LogP contribution is -2.26. The van der Waals surface area contributed by atoms with E-state index in [1.807, 2.05) is 0 Å². The molecule has 4 heteroatoms. The molecule has 0 aliphatic carbocycles. The average Bonchev–Trinajstić information content (AvgIpc) is 2.19. The van der Waals surface area contributed by atoms with Gasteiger partial charge in [-0.3, -0.25) is 4.79 Å². The summed E-state index contributed by atoms with van der Waals surface area (Å²) in [5, 5.41) is 11.7. The van der Waals surface area contributed by atoms with Crippen LogP contribution in [-0.2, 0) is 4.74 Å². The fourth-order valence-electron chi connectivity index (χ4n) is 0.981. The van der Waals surface area contributed by atoms with Gasteiger partial charge in [0, 0.05) is 19.2 Å². The van der Waals surface area contributed by atoms with Crippen LogP contribution in [-0.4, -0.2) is 31.3 Å². The number of phenolic OH excluding ortho intramolecular Hbond substituents is 1. The van der Waals surface area contributed by atoms with Gasteiger partial charge in [-0.1, -0.05) is 0 Å². The topological polar surface area (TPSA) is 58.6 Å². The Hall–Kier alpha value is -1.55. The molecule has 4 nitrogen and oxygen atoms in total. The number of methoxy groups -OCH3 is 1. The van der Waals surface area contributed by atoms with Crippen LogP contribution in [0.15, 0.2) is 24.3 Å². The van der Waals surface area contributed by atoms with Gasteiger partial charge in [-0.15, -0.1) is 0 Å². The second-order valence-electron chi connectivity index (χ2n) is 2.80. The van der Waals surface area contributed by atoms with Crippen molar-refractivity contribution in [1.82, 2.24) is 5.32 Å². The molecule has 0 unspecified atom stereocenters. The van der Waals surface area contributed by atoms with Gasteiger partial charge >= 0.3 is 0 Å². The van der Waals surface area contributed by atoms with E-state index in [1.54, 1.807) is 19.2 Å². The van der Waals surface area contributed by atoms with Crippen molar-refractivity contribution in [2.45, 2.75) is 0 Å². The first kappa shape index (κ1) is 10.5. The molecule has 14 heavy (non-hydrogen) atoms. The minimum atomic E-state index is -0.165. The van der Waals surface area contributed by atoms with Gasteiger partial charge in [-0.05, 0) is 24.3 Å². The van der Waals surface area contributed by atoms with E-state index in [4.69, 9.17) is 9.84 Å². The Labute approximate surface area is 82.5 Å². The van der Waals surface area contributed by atoms with Crippen molar-refractivity contribution < 1.29 is 14.6 Å². The monoisotopic (exact) mass is 195 g/mol. The number of amides is 1. The van der Waals surface area contributed by atoms with Crippen molar-refractivity contribution in [3.05, 3.63) is 29.8 Å². The zero-order chi connectivity index (χ0) is 10.4. The second-order valence-corrected chi connectivity index (χ2v) is 2.80. The number of aromatic hydroxyl groups is 1. The van der Waals surface area contributed by atoms with Crippen molar-refractivity contribution in [2.75, 3.05) is 20.3 Å². The van der Waals surface area contributed by atoms with Crippen LogP contribution in [0.5, 0.6) is 5.75 Å². The van der Waals surface area contributed by atoms with Crippen LogP contribution < -0.4 is 5.32 Å². The standard InChI is InChI=1S/C10H13NO3/c1-14-7-6-11-10(13)8-2-4-9(12)5-3-8/h2-5,12H,6-7H2,1H3,(H,11,13). The summed E-state index contributed by atoms with van der Waals surface area (Å²) < 4.78 is 4.79. The molecule has 0 radical (unpaired) electrons. The van der Waals surface area contributed by atoms with Crippen molar-refractivity contribution in [1.29, 1.82) is 0 Å². The van der Waals surface area contributed by atoms with Crippen LogP contribution in [0.1, 0.15) is 10.4 Å². The van der Waals surface area contributed by atoms with Gasteiger partial charge in [0.2, 0.25) is 0 Å². The first-order valence-corrected chi connectivity index (χ1v) is 4.30. The zero-order valence-corrected chi connectivity index (χ0v) is 7.99. The summed E-state index contributed by atoms with van der Waals surface area (Å²) in [5.74, 6) is -0.0134. The highest BCUT2D eigenvalue weighted by molar-refractivity contribution is 5.94. The maximum absolute atomic E-state index is 11.4. The number of hydrogen-bond acceptors (Lipinski definition) is 3. The summed E-state index contributed by atoms with van der Waals surface area (Å²) in [6, 6.07) is 6.09. The molecular formula is C10H13NO3. The summed E-state index contributed by atoms with van der Waals surface area (Å²) in [6.07, 6.45) is 0. The molecule has 0 fully saturated rings. The van der Waals surface area contributed by atoms with Crippen molar-refractivity contribution in [3.8, 4) is 5.75 Å². The number of phenols is 1. The first-order valence-electron chi connectivity index (χ1n) is 4.30. The van der Waals surface area contributed by atoms with Crippen LogP contribution in [0.4, 0.5) is 0 Å². The Kier molecular flexibility index (Phi) is 3.94. The zero-order valence-electron chi connectivity index (χ0n) is 7.99. The molecule has 0 atom stereocenters. The number of nitrogens with one attached hydrogen (secondary N) is 1. The molecule has 1 rings (SSSR count). The largest absolute Gasteiger partial charge is 0.508 e. The smallest absolute Gasteiger partial charge is 0.251 e. The minimum absolute atomic E-state index is 0.151. The Morgan fingerprint density at radius 3 is 2.64 bits per heavy atom. The van der Waals surface area contributed by atoms with Crippen LogP contribution >= 0.6 is 0 Å². The van der Waals surface area contributed by atoms with Crippen LogP contribution in [0.25, 0.3) is 0 Å². The summed E-state index contributed by atoms with van der Waals surface area (Å²) in [6.45, 7) is 0.972. The highest BCUT2D eigenvalue weighted by Gasteiger charge is 2.03. The maximum atomic E-state index is 11.4. The van der Waals surface area contributed by atoms with Gasteiger partial charge in [-0.2, -0.15) is 0 Å². The van der Waals surface area contributed by atoms with E-state index in [1.165, 1.54) is 12.1 Å². The van der Waals surface area contributed by atoms with Gasteiger partial charge in [0.15, 0.2) is 0 Å². The molecule has 0 heterocycles. The molecule has 0 aliphatic heterocycles. The van der Waals surface area contributed by atoms with Crippen LogP contribution in [0, 0.1) is 0 Å². The molecule has 0 aromatic heterocycles. The molecule has 0 bridgehead atoms. The van der Waals surface area contributed by atoms with E-state index >= 15 is 0 Å². The van der Waals surface area contributed by atoms with Gasteiger partial charge in [0.25, 0.3) is 5.91 Å². The number of benzene rings is 1. The van der Waals surface area contributed by atoms with Gasteiger partial charge < -0.3 is 15.2 Å². The number of carbonyl (C=O) groups is 1. The Morgan fingerprint density at radius 2 is 2.07 bits per heavy atom. The SMILES string of the molecule is COCCNC(=O)c1ccc(O)cc1. The molecule has 0 saturated heterocycles. The van der Waals surface area contributed by atoms with E-state index in [0.717, 1.165) is 0 Å². The third-order valence-corrected chi connectivity index (χ3v) is 1.72. The molecule has 0 spiro atoms. The summed E-state index contributed by atoms with van der Waals surface area (Å²) in [4.78, 5) is 11.4.